The van der Waals surface area contributed by atoms with Gasteiger partial charge >= 0.3 is 0 Å². The van der Waals surface area contributed by atoms with Crippen molar-refractivity contribution in [2.24, 2.45) is 0 Å². The molecule has 2 rings (SSSR count). The molecule has 0 aliphatic heterocycles. The second-order valence-corrected chi connectivity index (χ2v) is 6.16. The van der Waals surface area contributed by atoms with Crippen LogP contribution in [0.4, 0.5) is 0 Å². The molecule has 0 aliphatic carbocycles. The summed E-state index contributed by atoms with van der Waals surface area (Å²) in [5.41, 5.74) is 2.31. The molecule has 0 saturated heterocycles. The number of methoxy groups -OCH3 is 1. The molecule has 1 heterocycles. The van der Waals surface area contributed by atoms with Crippen LogP contribution in [0.2, 0.25) is 5.02 Å². The van der Waals surface area contributed by atoms with Gasteiger partial charge in [0, 0.05) is 27.8 Å². The minimum Gasteiger partial charge on any atom is -0.481 e. The fourth-order valence-electron chi connectivity index (χ4n) is 2.17. The van der Waals surface area contributed by atoms with E-state index in [0.29, 0.717) is 11.9 Å². The summed E-state index contributed by atoms with van der Waals surface area (Å²) in [6, 6.07) is 10.2. The average Bonchev–Trinajstić information content (AvgIpc) is 2.49. The third-order valence-electron chi connectivity index (χ3n) is 3.38. The number of nitrogens with one attached hydrogen (secondary N) is 1. The highest BCUT2D eigenvalue weighted by Crippen LogP contribution is 2.23. The van der Waals surface area contributed by atoms with E-state index in [1.165, 1.54) is 5.56 Å². The van der Waals surface area contributed by atoms with E-state index >= 15 is 0 Å². The first kappa shape index (κ1) is 16.3. The van der Waals surface area contributed by atoms with E-state index in [9.17, 15) is 0 Å². The van der Waals surface area contributed by atoms with E-state index in [2.05, 4.69) is 32.3 Å². The largest absolute Gasteiger partial charge is 0.481 e. The minimum absolute atomic E-state index is 0.305. The zero-order chi connectivity index (χ0) is 15.2. The van der Waals surface area contributed by atoms with Gasteiger partial charge in [-0.05, 0) is 43.1 Å². The van der Waals surface area contributed by atoms with Crippen molar-refractivity contribution in [3.05, 3.63) is 57.2 Å². The Balaban J connectivity index is 2.05. The Morgan fingerprint density at radius 2 is 2.10 bits per heavy atom. The Morgan fingerprint density at radius 3 is 2.67 bits per heavy atom. The summed E-state index contributed by atoms with van der Waals surface area (Å²) in [4.78, 5) is 4.24. The molecule has 0 aliphatic rings. The molecule has 1 N–H and O–H groups in total. The van der Waals surface area contributed by atoms with Crippen LogP contribution in [-0.2, 0) is 12.8 Å². The number of hydrogen-bond acceptors (Lipinski definition) is 3. The van der Waals surface area contributed by atoms with Crippen molar-refractivity contribution in [3.8, 4) is 5.88 Å². The number of aromatic nitrogens is 1. The number of likely N-dealkylation sites (N-methyl/N-ethyl adjacent to an activating group) is 1. The SMILES string of the molecule is CNC(Cc1ccc(OC)nc1)Cc1ccc(Br)cc1Cl. The Hall–Kier alpha value is -1.10. The first-order valence-electron chi connectivity index (χ1n) is 6.72. The molecule has 21 heavy (non-hydrogen) atoms. The van der Waals surface area contributed by atoms with Gasteiger partial charge in [0.05, 0.1) is 7.11 Å². The summed E-state index contributed by atoms with van der Waals surface area (Å²) in [7, 11) is 3.59. The van der Waals surface area contributed by atoms with Crippen molar-refractivity contribution in [1.29, 1.82) is 0 Å². The highest BCUT2D eigenvalue weighted by Gasteiger charge is 2.11. The maximum absolute atomic E-state index is 6.29. The summed E-state index contributed by atoms with van der Waals surface area (Å²) < 4.78 is 6.07. The predicted octanol–water partition coefficient (Wildman–Crippen LogP) is 3.88. The molecule has 0 saturated carbocycles. The molecule has 0 radical (unpaired) electrons. The second kappa shape index (κ2) is 7.78. The average molecular weight is 370 g/mol. The third kappa shape index (κ3) is 4.70. The predicted molar refractivity (Wildman–Crippen MR) is 90.2 cm³/mol. The maximum atomic E-state index is 6.29. The zero-order valence-electron chi connectivity index (χ0n) is 12.1. The molecule has 3 nitrogen and oxygen atoms in total. The zero-order valence-corrected chi connectivity index (χ0v) is 14.4. The fraction of sp³-hybridized carbons (Fsp3) is 0.312. The number of hydrogen-bond donors (Lipinski definition) is 1. The van der Waals surface area contributed by atoms with Gasteiger partial charge in [-0.25, -0.2) is 4.98 Å². The maximum Gasteiger partial charge on any atom is 0.212 e. The van der Waals surface area contributed by atoms with E-state index in [4.69, 9.17) is 16.3 Å². The fourth-order valence-corrected chi connectivity index (χ4v) is 2.92. The van der Waals surface area contributed by atoms with Crippen LogP contribution in [0.5, 0.6) is 5.88 Å². The number of ether oxygens (including phenoxy) is 1. The van der Waals surface area contributed by atoms with E-state index in [-0.39, 0.29) is 0 Å². The van der Waals surface area contributed by atoms with Crippen LogP contribution in [0.1, 0.15) is 11.1 Å². The number of benzene rings is 1. The molecule has 112 valence electrons. The Kier molecular flexibility index (Phi) is 6.03. The van der Waals surface area contributed by atoms with Gasteiger partial charge in [0.25, 0.3) is 0 Å². The van der Waals surface area contributed by atoms with Crippen LogP contribution in [0.15, 0.2) is 41.0 Å². The lowest BCUT2D eigenvalue weighted by atomic mass is 10.00. The molecular weight excluding hydrogens is 352 g/mol. The normalized spacial score (nSPS) is 12.2. The lowest BCUT2D eigenvalue weighted by Crippen LogP contribution is -2.30. The Morgan fingerprint density at radius 1 is 1.29 bits per heavy atom. The molecular formula is C16H18BrClN2O. The molecule has 5 heteroatoms. The van der Waals surface area contributed by atoms with Crippen LogP contribution in [-0.4, -0.2) is 25.2 Å². The molecule has 1 atom stereocenters. The van der Waals surface area contributed by atoms with Gasteiger partial charge in [-0.15, -0.1) is 0 Å². The summed E-state index contributed by atoms with van der Waals surface area (Å²) in [6.45, 7) is 0. The van der Waals surface area contributed by atoms with Crippen molar-refractivity contribution >= 4 is 27.5 Å². The smallest absolute Gasteiger partial charge is 0.212 e. The third-order valence-corrected chi connectivity index (χ3v) is 4.22. The number of pyridine rings is 1. The Labute approximate surface area is 138 Å². The van der Waals surface area contributed by atoms with Gasteiger partial charge in [-0.2, -0.15) is 0 Å². The van der Waals surface area contributed by atoms with Crippen molar-refractivity contribution in [1.82, 2.24) is 10.3 Å². The van der Waals surface area contributed by atoms with E-state index in [1.54, 1.807) is 7.11 Å². The van der Waals surface area contributed by atoms with E-state index < -0.39 is 0 Å². The molecule has 0 spiro atoms. The first-order chi connectivity index (χ1) is 10.1. The standard InChI is InChI=1S/C16H18BrClN2O/c1-19-14(7-11-3-6-16(21-2)20-10-11)8-12-4-5-13(17)9-15(12)18/h3-6,9-10,14,19H,7-8H2,1-2H3. The van der Waals surface area contributed by atoms with Crippen LogP contribution in [0.3, 0.4) is 0 Å². The monoisotopic (exact) mass is 368 g/mol. The molecule has 0 bridgehead atoms. The summed E-state index contributed by atoms with van der Waals surface area (Å²) >= 11 is 9.71. The molecule has 2 aromatic rings. The van der Waals surface area contributed by atoms with Gasteiger partial charge < -0.3 is 10.1 Å². The molecule has 1 unspecified atom stereocenters. The van der Waals surface area contributed by atoms with E-state index in [1.807, 2.05) is 37.5 Å². The first-order valence-corrected chi connectivity index (χ1v) is 7.89. The van der Waals surface area contributed by atoms with E-state index in [0.717, 1.165) is 27.9 Å². The molecule has 0 amide bonds. The van der Waals surface area contributed by atoms with Gasteiger partial charge in [0.1, 0.15) is 0 Å². The molecule has 0 fully saturated rings. The molecule has 1 aromatic heterocycles. The topological polar surface area (TPSA) is 34.1 Å². The quantitative estimate of drug-likeness (QED) is 0.839. The number of nitrogens with zero attached hydrogens (tertiary/aromatic N) is 1. The Bertz CT molecular complexity index is 589. The van der Waals surface area contributed by atoms with Crippen molar-refractivity contribution in [2.75, 3.05) is 14.2 Å². The van der Waals surface area contributed by atoms with Crippen LogP contribution < -0.4 is 10.1 Å². The molecule has 1 aromatic carbocycles. The van der Waals surface area contributed by atoms with Gasteiger partial charge in [0.15, 0.2) is 0 Å². The lowest BCUT2D eigenvalue weighted by molar-refractivity contribution is 0.397. The summed E-state index contributed by atoms with van der Waals surface area (Å²) in [6.07, 6.45) is 3.61. The van der Waals surface area contributed by atoms with Crippen LogP contribution in [0.25, 0.3) is 0 Å². The second-order valence-electron chi connectivity index (χ2n) is 4.84. The minimum atomic E-state index is 0.305. The number of halogens is 2. The van der Waals surface area contributed by atoms with Crippen molar-refractivity contribution in [2.45, 2.75) is 18.9 Å². The number of rotatable bonds is 6. The highest BCUT2D eigenvalue weighted by atomic mass is 79.9. The summed E-state index contributed by atoms with van der Waals surface area (Å²) in [5.74, 6) is 0.635. The van der Waals surface area contributed by atoms with Crippen molar-refractivity contribution < 1.29 is 4.74 Å². The summed E-state index contributed by atoms with van der Waals surface area (Å²) in [5, 5.41) is 4.13. The van der Waals surface area contributed by atoms with Crippen LogP contribution >= 0.6 is 27.5 Å². The van der Waals surface area contributed by atoms with Crippen LogP contribution in [0, 0.1) is 0 Å². The van der Waals surface area contributed by atoms with Gasteiger partial charge in [0.2, 0.25) is 5.88 Å². The van der Waals surface area contributed by atoms with Crippen molar-refractivity contribution in [3.63, 3.8) is 0 Å². The lowest BCUT2D eigenvalue weighted by Gasteiger charge is -2.17. The highest BCUT2D eigenvalue weighted by molar-refractivity contribution is 9.10. The van der Waals surface area contributed by atoms with Gasteiger partial charge in [-0.1, -0.05) is 39.7 Å². The van der Waals surface area contributed by atoms with Gasteiger partial charge in [-0.3, -0.25) is 0 Å².